The number of esters is 1. The third kappa shape index (κ3) is 5.86. The number of imidazole rings is 1. The predicted molar refractivity (Wildman–Crippen MR) is 88.1 cm³/mol. The van der Waals surface area contributed by atoms with Gasteiger partial charge < -0.3 is 14.2 Å². The number of amides is 1. The highest BCUT2D eigenvalue weighted by atomic mass is 32.1. The summed E-state index contributed by atoms with van der Waals surface area (Å²) < 4.78 is 6.64. The molecule has 0 aliphatic heterocycles. The van der Waals surface area contributed by atoms with Crippen LogP contribution >= 0.6 is 11.3 Å². The molecule has 0 atom stereocenters. The molecule has 0 saturated heterocycles. The maximum Gasteiger partial charge on any atom is 0.307 e. The maximum absolute atomic E-state index is 12.5. The zero-order valence-electron chi connectivity index (χ0n) is 13.2. The highest BCUT2D eigenvalue weighted by Crippen LogP contribution is 2.11. The number of carbonyl (C=O) groups is 2. The Labute approximate surface area is 139 Å². The van der Waals surface area contributed by atoms with E-state index in [0.717, 1.165) is 17.8 Å². The first kappa shape index (κ1) is 17.2. The molecule has 0 aliphatic carbocycles. The maximum atomic E-state index is 12.5. The molecule has 0 radical (unpaired) electrons. The third-order valence-corrected chi connectivity index (χ3v) is 4.35. The number of carbonyl (C=O) groups excluding carboxylic acids is 2. The Kier molecular flexibility index (Phi) is 6.80. The fraction of sp³-hybridized carbons (Fsp3) is 0.438. The second-order valence-corrected chi connectivity index (χ2v) is 6.15. The summed E-state index contributed by atoms with van der Waals surface area (Å²) in [5.41, 5.74) is 0. The van der Waals surface area contributed by atoms with Crippen LogP contribution in [0.25, 0.3) is 0 Å². The molecule has 2 aromatic heterocycles. The normalized spacial score (nSPS) is 10.5. The van der Waals surface area contributed by atoms with Crippen LogP contribution in [-0.2, 0) is 27.3 Å². The van der Waals surface area contributed by atoms with Gasteiger partial charge in [-0.2, -0.15) is 0 Å². The lowest BCUT2D eigenvalue weighted by molar-refractivity contribution is -0.141. The molecule has 0 spiro atoms. The molecule has 2 heterocycles. The van der Waals surface area contributed by atoms with E-state index in [1.54, 1.807) is 28.8 Å². The van der Waals surface area contributed by atoms with Crippen molar-refractivity contribution in [3.8, 4) is 0 Å². The molecule has 23 heavy (non-hydrogen) atoms. The van der Waals surface area contributed by atoms with E-state index < -0.39 is 0 Å². The molecule has 1 amide bonds. The van der Waals surface area contributed by atoms with Crippen molar-refractivity contribution in [2.75, 3.05) is 20.2 Å². The Morgan fingerprint density at radius 2 is 2.26 bits per heavy atom. The lowest BCUT2D eigenvalue weighted by atomic mass is 10.2. The zero-order chi connectivity index (χ0) is 16.5. The van der Waals surface area contributed by atoms with Crippen molar-refractivity contribution in [1.82, 2.24) is 14.5 Å². The number of hydrogen-bond acceptors (Lipinski definition) is 5. The zero-order valence-corrected chi connectivity index (χ0v) is 14.0. The van der Waals surface area contributed by atoms with Gasteiger partial charge in [-0.15, -0.1) is 11.3 Å². The molecule has 0 unspecified atom stereocenters. The fourth-order valence-corrected chi connectivity index (χ4v) is 2.92. The number of ether oxygens (including phenoxy) is 1. The molecule has 2 aromatic rings. The summed E-state index contributed by atoms with van der Waals surface area (Å²) in [4.78, 5) is 30.6. The molecule has 124 valence electrons. The number of methoxy groups -OCH3 is 1. The van der Waals surface area contributed by atoms with Crippen molar-refractivity contribution < 1.29 is 14.3 Å². The first-order valence-electron chi connectivity index (χ1n) is 7.51. The van der Waals surface area contributed by atoms with Gasteiger partial charge in [0.2, 0.25) is 5.91 Å². The minimum absolute atomic E-state index is 0.0435. The topological polar surface area (TPSA) is 64.4 Å². The number of thiophene rings is 1. The standard InChI is InChI=1S/C16H21N3O3S/c1-22-16(21)5-9-19(8-3-7-18-10-6-17-13-18)15(20)12-14-4-2-11-23-14/h2,4,6,10-11,13H,3,5,7-9,12H2,1H3. The highest BCUT2D eigenvalue weighted by Gasteiger charge is 2.16. The van der Waals surface area contributed by atoms with Gasteiger partial charge in [-0.1, -0.05) is 6.07 Å². The number of nitrogens with zero attached hydrogens (tertiary/aromatic N) is 3. The van der Waals surface area contributed by atoms with E-state index in [1.165, 1.54) is 7.11 Å². The molecule has 0 fully saturated rings. The van der Waals surface area contributed by atoms with E-state index in [4.69, 9.17) is 0 Å². The van der Waals surface area contributed by atoms with Crippen LogP contribution in [0.4, 0.5) is 0 Å². The number of aromatic nitrogens is 2. The van der Waals surface area contributed by atoms with Crippen molar-refractivity contribution in [1.29, 1.82) is 0 Å². The van der Waals surface area contributed by atoms with E-state index >= 15 is 0 Å². The summed E-state index contributed by atoms with van der Waals surface area (Å²) in [5.74, 6) is -0.254. The van der Waals surface area contributed by atoms with Crippen LogP contribution in [0.3, 0.4) is 0 Å². The Morgan fingerprint density at radius 3 is 2.91 bits per heavy atom. The molecule has 0 saturated carbocycles. The van der Waals surface area contributed by atoms with Gasteiger partial charge >= 0.3 is 5.97 Å². The molecule has 0 aliphatic rings. The first-order valence-corrected chi connectivity index (χ1v) is 8.39. The summed E-state index contributed by atoms with van der Waals surface area (Å²) in [6, 6.07) is 3.89. The van der Waals surface area contributed by atoms with Gasteiger partial charge in [0, 0.05) is 36.9 Å². The molecule has 2 rings (SSSR count). The summed E-state index contributed by atoms with van der Waals surface area (Å²) in [5, 5.41) is 1.96. The monoisotopic (exact) mass is 335 g/mol. The predicted octanol–water partition coefficient (Wildman–Crippen LogP) is 1.97. The number of aryl methyl sites for hydroxylation is 1. The Hall–Kier alpha value is -2.15. The van der Waals surface area contributed by atoms with E-state index in [1.807, 2.05) is 28.3 Å². The van der Waals surface area contributed by atoms with Crippen LogP contribution in [0.2, 0.25) is 0 Å². The Balaban J connectivity index is 1.87. The van der Waals surface area contributed by atoms with Crippen LogP contribution in [0, 0.1) is 0 Å². The minimum Gasteiger partial charge on any atom is -0.469 e. The largest absolute Gasteiger partial charge is 0.469 e. The second-order valence-electron chi connectivity index (χ2n) is 5.12. The molecule has 0 aromatic carbocycles. The van der Waals surface area contributed by atoms with Gasteiger partial charge in [-0.05, 0) is 17.9 Å². The lowest BCUT2D eigenvalue weighted by Gasteiger charge is -2.22. The van der Waals surface area contributed by atoms with E-state index in [-0.39, 0.29) is 18.3 Å². The van der Waals surface area contributed by atoms with Crippen molar-refractivity contribution in [3.63, 3.8) is 0 Å². The van der Waals surface area contributed by atoms with Crippen LogP contribution < -0.4 is 0 Å². The van der Waals surface area contributed by atoms with Gasteiger partial charge in [-0.25, -0.2) is 4.98 Å². The van der Waals surface area contributed by atoms with Gasteiger partial charge in [0.05, 0.1) is 26.3 Å². The molecule has 6 nitrogen and oxygen atoms in total. The van der Waals surface area contributed by atoms with E-state index in [9.17, 15) is 9.59 Å². The summed E-state index contributed by atoms with van der Waals surface area (Å²) >= 11 is 1.57. The van der Waals surface area contributed by atoms with Crippen LogP contribution in [0.5, 0.6) is 0 Å². The molecule has 0 bridgehead atoms. The summed E-state index contributed by atoms with van der Waals surface area (Å²) in [6.45, 7) is 1.79. The highest BCUT2D eigenvalue weighted by molar-refractivity contribution is 7.10. The minimum atomic E-state index is -0.298. The number of hydrogen-bond donors (Lipinski definition) is 0. The molecule has 7 heteroatoms. The molecule has 0 N–H and O–H groups in total. The van der Waals surface area contributed by atoms with Crippen molar-refractivity contribution in [2.24, 2.45) is 0 Å². The lowest BCUT2D eigenvalue weighted by Crippen LogP contribution is -2.35. The van der Waals surface area contributed by atoms with Gasteiger partial charge in [0.25, 0.3) is 0 Å². The van der Waals surface area contributed by atoms with Gasteiger partial charge in [0.15, 0.2) is 0 Å². The van der Waals surface area contributed by atoms with Crippen LogP contribution in [-0.4, -0.2) is 46.5 Å². The molecular formula is C16H21N3O3S. The smallest absolute Gasteiger partial charge is 0.307 e. The fourth-order valence-electron chi connectivity index (χ4n) is 2.23. The van der Waals surface area contributed by atoms with E-state index in [2.05, 4.69) is 9.72 Å². The Morgan fingerprint density at radius 1 is 1.39 bits per heavy atom. The average Bonchev–Trinajstić information content (AvgIpc) is 3.23. The van der Waals surface area contributed by atoms with Crippen LogP contribution in [0.1, 0.15) is 17.7 Å². The van der Waals surface area contributed by atoms with Crippen LogP contribution in [0.15, 0.2) is 36.2 Å². The third-order valence-electron chi connectivity index (χ3n) is 3.48. The van der Waals surface area contributed by atoms with Gasteiger partial charge in [0.1, 0.15) is 0 Å². The average molecular weight is 335 g/mol. The second kappa shape index (κ2) is 9.09. The Bertz CT molecular complexity index is 596. The summed E-state index contributed by atoms with van der Waals surface area (Å²) in [6.07, 6.45) is 6.80. The quantitative estimate of drug-likeness (QED) is 0.657. The van der Waals surface area contributed by atoms with Crippen molar-refractivity contribution in [2.45, 2.75) is 25.8 Å². The van der Waals surface area contributed by atoms with E-state index in [0.29, 0.717) is 19.5 Å². The molecular weight excluding hydrogens is 314 g/mol. The first-order chi connectivity index (χ1) is 11.2. The van der Waals surface area contributed by atoms with Crippen molar-refractivity contribution in [3.05, 3.63) is 41.1 Å². The van der Waals surface area contributed by atoms with Crippen molar-refractivity contribution >= 4 is 23.2 Å². The SMILES string of the molecule is COC(=O)CCN(CCCn1ccnc1)C(=O)Cc1cccs1. The number of rotatable bonds is 9. The summed E-state index contributed by atoms with van der Waals surface area (Å²) in [7, 11) is 1.36. The van der Waals surface area contributed by atoms with Gasteiger partial charge in [-0.3, -0.25) is 9.59 Å².